The summed E-state index contributed by atoms with van der Waals surface area (Å²) in [7, 11) is 3.02. The van der Waals surface area contributed by atoms with Gasteiger partial charge in [-0.25, -0.2) is 0 Å². The van der Waals surface area contributed by atoms with Crippen LogP contribution in [0.25, 0.3) is 6.08 Å². The molecule has 2 aromatic carbocycles. The zero-order valence-corrected chi connectivity index (χ0v) is 12.1. The molecule has 0 unspecified atom stereocenters. The van der Waals surface area contributed by atoms with Gasteiger partial charge in [0.2, 0.25) is 5.78 Å². The first-order valence-corrected chi connectivity index (χ1v) is 6.61. The Morgan fingerprint density at radius 1 is 1.09 bits per heavy atom. The maximum Gasteiger partial charge on any atom is 0.235 e. The predicted octanol–water partition coefficient (Wildman–Crippen LogP) is 3.03. The van der Waals surface area contributed by atoms with Crippen molar-refractivity contribution in [1.29, 1.82) is 0 Å². The number of hydrogen-bond donors (Lipinski definition) is 1. The third-order valence-corrected chi connectivity index (χ3v) is 3.36. The highest BCUT2D eigenvalue weighted by atomic mass is 16.5. The monoisotopic (exact) mass is 298 g/mol. The van der Waals surface area contributed by atoms with Gasteiger partial charge in [-0.15, -0.1) is 0 Å². The molecule has 3 rings (SSSR count). The fourth-order valence-electron chi connectivity index (χ4n) is 2.25. The van der Waals surface area contributed by atoms with Crippen LogP contribution in [0, 0.1) is 0 Å². The van der Waals surface area contributed by atoms with Crippen molar-refractivity contribution in [2.24, 2.45) is 0 Å². The summed E-state index contributed by atoms with van der Waals surface area (Å²) in [5.41, 5.74) is 1.13. The molecule has 1 N–H and O–H groups in total. The average Bonchev–Trinajstić information content (AvgIpc) is 2.85. The maximum absolute atomic E-state index is 12.5. The Morgan fingerprint density at radius 2 is 1.82 bits per heavy atom. The molecule has 22 heavy (non-hydrogen) atoms. The van der Waals surface area contributed by atoms with Crippen LogP contribution < -0.4 is 14.2 Å². The lowest BCUT2D eigenvalue weighted by Crippen LogP contribution is -2.00. The molecule has 5 nitrogen and oxygen atoms in total. The Hall–Kier alpha value is -2.95. The van der Waals surface area contributed by atoms with Crippen molar-refractivity contribution in [2.75, 3.05) is 14.2 Å². The highest BCUT2D eigenvalue weighted by molar-refractivity contribution is 6.16. The maximum atomic E-state index is 12.5. The highest BCUT2D eigenvalue weighted by Gasteiger charge is 2.32. The average molecular weight is 298 g/mol. The largest absolute Gasteiger partial charge is 0.508 e. The number of allylic oxidation sites excluding steroid dienone is 1. The number of benzene rings is 2. The molecule has 2 aromatic rings. The van der Waals surface area contributed by atoms with E-state index in [1.807, 2.05) is 0 Å². The third-order valence-electron chi connectivity index (χ3n) is 3.36. The van der Waals surface area contributed by atoms with Crippen molar-refractivity contribution in [2.45, 2.75) is 0 Å². The van der Waals surface area contributed by atoms with Crippen molar-refractivity contribution < 1.29 is 24.1 Å². The van der Waals surface area contributed by atoms with E-state index in [4.69, 9.17) is 14.2 Å². The van der Waals surface area contributed by atoms with Gasteiger partial charge in [0.1, 0.15) is 28.6 Å². The van der Waals surface area contributed by atoms with Crippen LogP contribution in [0.15, 0.2) is 42.2 Å². The molecule has 0 radical (unpaired) electrons. The summed E-state index contributed by atoms with van der Waals surface area (Å²) in [6.45, 7) is 0. The van der Waals surface area contributed by atoms with Crippen LogP contribution in [0.5, 0.6) is 23.0 Å². The second-order valence-electron chi connectivity index (χ2n) is 4.73. The second-order valence-corrected chi connectivity index (χ2v) is 4.73. The van der Waals surface area contributed by atoms with Crippen LogP contribution in [-0.2, 0) is 0 Å². The SMILES string of the molecule is COc1cc(OC)c2c(c1)O/C(=C\c1ccc(O)cc1)C2=O. The van der Waals surface area contributed by atoms with E-state index in [0.717, 1.165) is 5.56 Å². The van der Waals surface area contributed by atoms with E-state index in [-0.39, 0.29) is 17.3 Å². The third kappa shape index (κ3) is 2.37. The fraction of sp³-hybridized carbons (Fsp3) is 0.118. The van der Waals surface area contributed by atoms with Crippen molar-refractivity contribution in [1.82, 2.24) is 0 Å². The molecule has 0 aromatic heterocycles. The molecule has 0 atom stereocenters. The minimum absolute atomic E-state index is 0.163. The number of phenols is 1. The molecule has 1 aliphatic rings. The molecule has 0 amide bonds. The van der Waals surface area contributed by atoms with Gasteiger partial charge in [0.15, 0.2) is 5.76 Å². The van der Waals surface area contributed by atoms with E-state index in [1.165, 1.54) is 14.2 Å². The minimum Gasteiger partial charge on any atom is -0.508 e. The number of hydrogen-bond acceptors (Lipinski definition) is 5. The highest BCUT2D eigenvalue weighted by Crippen LogP contribution is 2.41. The zero-order chi connectivity index (χ0) is 15.7. The quantitative estimate of drug-likeness (QED) is 0.882. The zero-order valence-electron chi connectivity index (χ0n) is 12.1. The molecular formula is C17H14O5. The molecule has 0 saturated heterocycles. The summed E-state index contributed by atoms with van der Waals surface area (Å²) >= 11 is 0. The number of Topliss-reactive ketones (excluding diaryl/α,β-unsaturated/α-hetero) is 1. The van der Waals surface area contributed by atoms with Gasteiger partial charge in [-0.05, 0) is 23.8 Å². The number of phenolic OH excluding ortho intramolecular Hbond substituents is 1. The van der Waals surface area contributed by atoms with Gasteiger partial charge in [-0.1, -0.05) is 12.1 Å². The molecule has 112 valence electrons. The number of ether oxygens (including phenoxy) is 3. The normalized spacial score (nSPS) is 14.6. The van der Waals surface area contributed by atoms with Gasteiger partial charge in [-0.3, -0.25) is 4.79 Å². The molecular weight excluding hydrogens is 284 g/mol. The number of rotatable bonds is 3. The molecule has 0 spiro atoms. The van der Waals surface area contributed by atoms with Gasteiger partial charge in [0.25, 0.3) is 0 Å². The molecule has 5 heteroatoms. The minimum atomic E-state index is -0.248. The number of carbonyl (C=O) groups excluding carboxylic acids is 1. The van der Waals surface area contributed by atoms with E-state index >= 15 is 0 Å². The van der Waals surface area contributed by atoms with E-state index in [2.05, 4.69) is 0 Å². The van der Waals surface area contributed by atoms with Crippen LogP contribution in [-0.4, -0.2) is 25.1 Å². The topological polar surface area (TPSA) is 65.0 Å². The predicted molar refractivity (Wildman–Crippen MR) is 80.6 cm³/mol. The van der Waals surface area contributed by atoms with Gasteiger partial charge in [0, 0.05) is 12.1 Å². The Labute approximate surface area is 127 Å². The van der Waals surface area contributed by atoms with E-state index < -0.39 is 0 Å². The standard InChI is InChI=1S/C17H14O5/c1-20-12-8-13(21-2)16-14(9-12)22-15(17(16)19)7-10-3-5-11(18)6-4-10/h3-9,18H,1-2H3/b15-7-. The molecule has 0 saturated carbocycles. The van der Waals surface area contributed by atoms with Crippen LogP contribution >= 0.6 is 0 Å². The summed E-state index contributed by atoms with van der Waals surface area (Å²) in [6, 6.07) is 9.77. The smallest absolute Gasteiger partial charge is 0.235 e. The Balaban J connectivity index is 2.02. The lowest BCUT2D eigenvalue weighted by molar-refractivity contribution is 0.101. The van der Waals surface area contributed by atoms with Crippen molar-refractivity contribution in [3.63, 3.8) is 0 Å². The number of carbonyl (C=O) groups is 1. The van der Waals surface area contributed by atoms with E-state index in [1.54, 1.807) is 42.5 Å². The fourth-order valence-corrected chi connectivity index (χ4v) is 2.25. The van der Waals surface area contributed by atoms with Gasteiger partial charge in [-0.2, -0.15) is 0 Å². The summed E-state index contributed by atoms with van der Waals surface area (Å²) in [5.74, 6) is 1.49. The van der Waals surface area contributed by atoms with Crippen LogP contribution in [0.1, 0.15) is 15.9 Å². The Bertz CT molecular complexity index is 759. The first kappa shape index (κ1) is 14.0. The summed E-state index contributed by atoms with van der Waals surface area (Å²) < 4.78 is 16.0. The number of ketones is 1. The van der Waals surface area contributed by atoms with Crippen LogP contribution in [0.2, 0.25) is 0 Å². The van der Waals surface area contributed by atoms with Gasteiger partial charge >= 0.3 is 0 Å². The number of methoxy groups -OCH3 is 2. The first-order chi connectivity index (χ1) is 10.6. The summed E-state index contributed by atoms with van der Waals surface area (Å²) in [5, 5.41) is 9.29. The van der Waals surface area contributed by atoms with Crippen molar-refractivity contribution in [3.05, 3.63) is 53.3 Å². The second kappa shape index (κ2) is 5.44. The van der Waals surface area contributed by atoms with Gasteiger partial charge < -0.3 is 19.3 Å². The number of fused-ring (bicyclic) bond motifs is 1. The summed E-state index contributed by atoms with van der Waals surface area (Å²) in [6.07, 6.45) is 1.62. The molecule has 0 aliphatic carbocycles. The molecule has 1 heterocycles. The lowest BCUT2D eigenvalue weighted by atomic mass is 10.1. The Kier molecular flexibility index (Phi) is 3.47. The molecule has 0 bridgehead atoms. The lowest BCUT2D eigenvalue weighted by Gasteiger charge is -2.07. The summed E-state index contributed by atoms with van der Waals surface area (Å²) in [4.78, 5) is 12.5. The van der Waals surface area contributed by atoms with Crippen LogP contribution in [0.4, 0.5) is 0 Å². The van der Waals surface area contributed by atoms with Crippen molar-refractivity contribution >= 4 is 11.9 Å². The Morgan fingerprint density at radius 3 is 2.45 bits per heavy atom. The molecule has 0 fully saturated rings. The molecule has 1 aliphatic heterocycles. The van der Waals surface area contributed by atoms with E-state index in [9.17, 15) is 9.90 Å². The van der Waals surface area contributed by atoms with Crippen LogP contribution in [0.3, 0.4) is 0 Å². The first-order valence-electron chi connectivity index (χ1n) is 6.61. The van der Waals surface area contributed by atoms with E-state index in [0.29, 0.717) is 22.8 Å². The van der Waals surface area contributed by atoms with Crippen molar-refractivity contribution in [3.8, 4) is 23.0 Å². The number of aromatic hydroxyl groups is 1. The van der Waals surface area contributed by atoms with Gasteiger partial charge in [0.05, 0.1) is 14.2 Å².